The van der Waals surface area contributed by atoms with Gasteiger partial charge in [-0.1, -0.05) is 0 Å². The molecule has 0 unspecified atom stereocenters. The van der Waals surface area contributed by atoms with Crippen LogP contribution in [0.2, 0.25) is 5.76 Å². The van der Waals surface area contributed by atoms with Crippen molar-refractivity contribution < 1.29 is 9.47 Å². The zero-order chi connectivity index (χ0) is 41.7. The van der Waals surface area contributed by atoms with Gasteiger partial charge in [0.25, 0.3) is 0 Å². The number of rotatable bonds is 7. The zero-order valence-corrected chi connectivity index (χ0v) is 37.8. The topological polar surface area (TPSA) is 28.2 Å². The maximum absolute atomic E-state index is 7.43. The molecule has 3 heterocycles. The van der Waals surface area contributed by atoms with Crippen LogP contribution in [-0.2, 0) is 0 Å². The molecule has 8 aromatic carbocycles. The molecular formula is C55H47GeN3O2. The van der Waals surface area contributed by atoms with Crippen LogP contribution < -0.4 is 37.4 Å². The van der Waals surface area contributed by atoms with E-state index >= 15 is 0 Å². The predicted octanol–water partition coefficient (Wildman–Crippen LogP) is 13.6. The predicted molar refractivity (Wildman–Crippen MR) is 256 cm³/mol. The number of hydrogen-bond acceptors (Lipinski definition) is 5. The number of benzene rings is 8. The number of aryl methyl sites for hydroxylation is 6. The van der Waals surface area contributed by atoms with Crippen molar-refractivity contribution >= 4 is 77.6 Å². The molecule has 3 aliphatic rings. The summed E-state index contributed by atoms with van der Waals surface area (Å²) in [6.45, 7) is 12.9. The van der Waals surface area contributed by atoms with Gasteiger partial charge in [-0.2, -0.15) is 0 Å². The summed E-state index contributed by atoms with van der Waals surface area (Å²) in [6.07, 6.45) is 0. The van der Waals surface area contributed by atoms with Crippen molar-refractivity contribution in [1.82, 2.24) is 0 Å². The van der Waals surface area contributed by atoms with E-state index in [0.717, 1.165) is 79.7 Å². The van der Waals surface area contributed by atoms with E-state index in [1.165, 1.54) is 41.0 Å². The van der Waals surface area contributed by atoms with Crippen LogP contribution in [0.1, 0.15) is 33.4 Å². The Labute approximate surface area is 361 Å². The molecule has 5 nitrogen and oxygen atoms in total. The molecule has 6 heteroatoms. The van der Waals surface area contributed by atoms with E-state index in [9.17, 15) is 0 Å². The molecule has 0 aliphatic carbocycles. The van der Waals surface area contributed by atoms with Crippen molar-refractivity contribution in [3.63, 3.8) is 0 Å². The van der Waals surface area contributed by atoms with Crippen molar-refractivity contribution in [3.8, 4) is 23.0 Å². The van der Waals surface area contributed by atoms with Gasteiger partial charge in [0, 0.05) is 0 Å². The fourth-order valence-corrected chi connectivity index (χ4v) is 19.5. The summed E-state index contributed by atoms with van der Waals surface area (Å²) >= 11 is -3.75. The van der Waals surface area contributed by atoms with Gasteiger partial charge in [-0.05, 0) is 0 Å². The van der Waals surface area contributed by atoms with E-state index in [-0.39, 0.29) is 0 Å². The molecule has 0 bridgehead atoms. The molecule has 0 spiro atoms. The Morgan fingerprint density at radius 3 is 1.05 bits per heavy atom. The molecule has 298 valence electrons. The molecule has 61 heavy (non-hydrogen) atoms. The van der Waals surface area contributed by atoms with Gasteiger partial charge in [0.05, 0.1) is 0 Å². The van der Waals surface area contributed by atoms with Crippen LogP contribution in [0, 0.1) is 41.5 Å². The first-order chi connectivity index (χ1) is 29.6. The van der Waals surface area contributed by atoms with E-state index in [1.807, 2.05) is 0 Å². The summed E-state index contributed by atoms with van der Waals surface area (Å²) in [5, 5.41) is 0. The van der Waals surface area contributed by atoms with Crippen LogP contribution >= 0.6 is 0 Å². The Morgan fingerprint density at radius 1 is 0.377 bits per heavy atom. The summed E-state index contributed by atoms with van der Waals surface area (Å²) in [4.78, 5) is 7.21. The summed E-state index contributed by atoms with van der Waals surface area (Å²) in [5.74, 6) is 6.21. The first-order valence-corrected chi connectivity index (χ1v) is 26.4. The van der Waals surface area contributed by atoms with Gasteiger partial charge in [0.1, 0.15) is 0 Å². The Bertz CT molecular complexity index is 2760. The Balaban J connectivity index is 1.25. The molecule has 0 radical (unpaired) electrons. The first kappa shape index (κ1) is 37.3. The monoisotopic (exact) mass is 855 g/mol. The number of nitrogens with zero attached hydrogens (tertiary/aromatic N) is 3. The molecule has 0 N–H and O–H groups in total. The first-order valence-electron chi connectivity index (χ1n) is 21.2. The van der Waals surface area contributed by atoms with E-state index in [0.29, 0.717) is 0 Å². The van der Waals surface area contributed by atoms with Crippen molar-refractivity contribution in [1.29, 1.82) is 0 Å². The van der Waals surface area contributed by atoms with Gasteiger partial charge in [-0.25, -0.2) is 0 Å². The normalized spacial score (nSPS) is 13.5. The van der Waals surface area contributed by atoms with Crippen LogP contribution in [0.3, 0.4) is 0 Å². The SMILES string of the molecule is Cc1ccc(N(c2ccc(C)cc2)c2ccc3[c]4c2Oc2cc(C)cc5[c]2[Ge]4([CH3])[c]2c(ccc(N(c4ccc(C)cc4)c4ccc(C)cc4)c2O5)N3c2ccc(C)cc2)cc1. The fourth-order valence-electron chi connectivity index (χ4n) is 9.72. The van der Waals surface area contributed by atoms with Crippen molar-refractivity contribution in [3.05, 3.63) is 191 Å². The summed E-state index contributed by atoms with van der Waals surface area (Å²) in [7, 11) is 0. The van der Waals surface area contributed by atoms with Gasteiger partial charge in [-0.3, -0.25) is 0 Å². The molecule has 0 saturated carbocycles. The van der Waals surface area contributed by atoms with Crippen molar-refractivity contribution in [2.24, 2.45) is 0 Å². The summed E-state index contributed by atoms with van der Waals surface area (Å²) in [6, 6.07) is 58.0. The molecular weight excluding hydrogens is 807 g/mol. The standard InChI is InChI=1S/C55H47GeN3O2/c1-34-8-18-40(19-9-34)57(41-20-10-35(2)11-21-41)47-30-28-45-51-54(47)60-49-32-39(6)33-50-53(49)56(51,7)52-46(59(45)44-26-16-38(5)17-27-44)29-31-48(55(52)61-50)58(42-22-12-36(3)13-23-42)43-24-14-37(4)15-25-43/h8-33H,1-7H3. The van der Waals surface area contributed by atoms with Crippen LogP contribution in [0.25, 0.3) is 0 Å². The van der Waals surface area contributed by atoms with Crippen LogP contribution in [0.4, 0.5) is 51.2 Å². The minimum atomic E-state index is -3.75. The number of anilines is 9. The Kier molecular flexibility index (Phi) is 8.52. The van der Waals surface area contributed by atoms with Crippen molar-refractivity contribution in [2.75, 3.05) is 14.7 Å². The zero-order valence-electron chi connectivity index (χ0n) is 35.7. The van der Waals surface area contributed by atoms with E-state index in [4.69, 9.17) is 9.47 Å². The second-order valence-corrected chi connectivity index (χ2v) is 25.1. The number of ether oxygens (including phenoxy) is 2. The molecule has 0 fully saturated rings. The third kappa shape index (κ3) is 5.82. The summed E-state index contributed by atoms with van der Waals surface area (Å²) < 4.78 is 18.7. The molecule has 0 aromatic heterocycles. The third-order valence-corrected chi connectivity index (χ3v) is 22.1. The second-order valence-electron chi connectivity index (χ2n) is 17.3. The van der Waals surface area contributed by atoms with E-state index in [1.54, 1.807) is 0 Å². The van der Waals surface area contributed by atoms with E-state index in [2.05, 4.69) is 220 Å². The molecule has 0 atom stereocenters. The van der Waals surface area contributed by atoms with Gasteiger partial charge in [-0.15, -0.1) is 0 Å². The van der Waals surface area contributed by atoms with Gasteiger partial charge in [0.15, 0.2) is 0 Å². The van der Waals surface area contributed by atoms with Crippen molar-refractivity contribution in [2.45, 2.75) is 47.3 Å². The second kappa shape index (κ2) is 13.9. The van der Waals surface area contributed by atoms with Crippen LogP contribution in [0.5, 0.6) is 23.0 Å². The minimum absolute atomic E-state index is 0.899. The number of hydrogen-bond donors (Lipinski definition) is 0. The third-order valence-electron chi connectivity index (χ3n) is 12.8. The average molecular weight is 855 g/mol. The van der Waals surface area contributed by atoms with Crippen LogP contribution in [-0.4, -0.2) is 13.3 Å². The quantitative estimate of drug-likeness (QED) is 0.149. The molecule has 8 aromatic rings. The van der Waals surface area contributed by atoms with Gasteiger partial charge < -0.3 is 0 Å². The Morgan fingerprint density at radius 2 is 0.705 bits per heavy atom. The van der Waals surface area contributed by atoms with Gasteiger partial charge >= 0.3 is 363 Å². The average Bonchev–Trinajstić information content (AvgIpc) is 3.25. The molecule has 11 rings (SSSR count). The van der Waals surface area contributed by atoms with E-state index < -0.39 is 13.3 Å². The molecule has 3 aliphatic heterocycles. The maximum atomic E-state index is 7.43. The summed E-state index contributed by atoms with van der Waals surface area (Å²) in [5.41, 5.74) is 17.0. The van der Waals surface area contributed by atoms with Crippen LogP contribution in [0.15, 0.2) is 158 Å². The molecule has 0 amide bonds. The molecule has 0 saturated heterocycles. The Hall–Kier alpha value is -6.70. The van der Waals surface area contributed by atoms with Gasteiger partial charge in [0.2, 0.25) is 0 Å². The fraction of sp³-hybridized carbons (Fsp3) is 0.127.